The van der Waals surface area contributed by atoms with Gasteiger partial charge in [0.2, 0.25) is 0 Å². The van der Waals surface area contributed by atoms with Crippen LogP contribution in [-0.4, -0.2) is 28.4 Å². The normalized spacial score (nSPS) is 10.4. The molecule has 0 amide bonds. The molecule has 0 atom stereocenters. The first-order valence-corrected chi connectivity index (χ1v) is 7.69. The fourth-order valence-electron chi connectivity index (χ4n) is 1.59. The van der Waals surface area contributed by atoms with Crippen LogP contribution in [0.25, 0.3) is 0 Å². The third-order valence-corrected chi connectivity index (χ3v) is 4.78. The molecule has 1 heterocycles. The summed E-state index contributed by atoms with van der Waals surface area (Å²) in [5.41, 5.74) is 6.72. The molecular weight excluding hydrogens is 296 g/mol. The first-order valence-electron chi connectivity index (χ1n) is 5.88. The summed E-state index contributed by atoms with van der Waals surface area (Å²) >= 11 is 3.05. The molecule has 0 aliphatic rings. The van der Waals surface area contributed by atoms with Crippen molar-refractivity contribution in [3.8, 4) is 5.75 Å². The van der Waals surface area contributed by atoms with Gasteiger partial charge in [-0.3, -0.25) is 0 Å². The number of nitrogens with two attached hydrogens (primary N) is 1. The minimum absolute atomic E-state index is 0.177. The van der Waals surface area contributed by atoms with E-state index in [0.717, 1.165) is 9.90 Å². The molecule has 0 saturated heterocycles. The number of aromatic carboxylic acids is 1. The third kappa shape index (κ3) is 3.64. The molecule has 0 saturated carbocycles. The van der Waals surface area contributed by atoms with Crippen molar-refractivity contribution in [3.63, 3.8) is 0 Å². The molecule has 0 fully saturated rings. The molecule has 0 bridgehead atoms. The highest BCUT2D eigenvalue weighted by Crippen LogP contribution is 2.30. The van der Waals surface area contributed by atoms with Gasteiger partial charge in [0.05, 0.1) is 16.5 Å². The predicted molar refractivity (Wildman–Crippen MR) is 80.9 cm³/mol. The Labute approximate surface area is 124 Å². The van der Waals surface area contributed by atoms with E-state index in [1.807, 2.05) is 6.92 Å². The quantitative estimate of drug-likeness (QED) is 0.630. The molecule has 20 heavy (non-hydrogen) atoms. The van der Waals surface area contributed by atoms with E-state index in [0.29, 0.717) is 23.2 Å². The van der Waals surface area contributed by atoms with Gasteiger partial charge in [0, 0.05) is 5.75 Å². The third-order valence-electron chi connectivity index (χ3n) is 2.46. The summed E-state index contributed by atoms with van der Waals surface area (Å²) in [7, 11) is 0. The molecule has 0 radical (unpaired) electrons. The van der Waals surface area contributed by atoms with E-state index in [4.69, 9.17) is 15.6 Å². The lowest BCUT2D eigenvalue weighted by molar-refractivity contribution is 0.0692. The van der Waals surface area contributed by atoms with Crippen LogP contribution in [0.3, 0.4) is 0 Å². The van der Waals surface area contributed by atoms with E-state index in [2.05, 4.69) is 4.98 Å². The number of anilines is 1. The maximum Gasteiger partial charge on any atom is 0.339 e. The molecule has 0 unspecified atom stereocenters. The number of carboxylic acids is 1. The minimum Gasteiger partial charge on any atom is -0.492 e. The summed E-state index contributed by atoms with van der Waals surface area (Å²) in [4.78, 5) is 15.2. The van der Waals surface area contributed by atoms with Crippen molar-refractivity contribution in [3.05, 3.63) is 35.5 Å². The molecule has 5 nitrogen and oxygen atoms in total. The molecule has 0 aliphatic carbocycles. The van der Waals surface area contributed by atoms with Gasteiger partial charge in [0.15, 0.2) is 5.13 Å². The number of carboxylic acid groups (broad SMARTS) is 1. The minimum atomic E-state index is -0.987. The van der Waals surface area contributed by atoms with Gasteiger partial charge in [-0.15, -0.1) is 11.8 Å². The summed E-state index contributed by atoms with van der Waals surface area (Å²) in [6.45, 7) is 2.34. The molecular formula is C13H14N2O3S2. The zero-order valence-electron chi connectivity index (χ0n) is 10.8. The van der Waals surface area contributed by atoms with Crippen molar-refractivity contribution in [1.82, 2.24) is 4.98 Å². The average molecular weight is 310 g/mol. The maximum absolute atomic E-state index is 11.0. The van der Waals surface area contributed by atoms with Crippen LogP contribution in [-0.2, 0) is 0 Å². The van der Waals surface area contributed by atoms with Gasteiger partial charge in [0.25, 0.3) is 0 Å². The number of aryl methyl sites for hydroxylation is 1. The zero-order chi connectivity index (χ0) is 14.5. The van der Waals surface area contributed by atoms with E-state index in [9.17, 15) is 4.79 Å². The number of carbonyl (C=O) groups is 1. The maximum atomic E-state index is 11.0. The number of para-hydroxylation sites is 1. The van der Waals surface area contributed by atoms with Crippen molar-refractivity contribution >= 4 is 34.2 Å². The van der Waals surface area contributed by atoms with E-state index < -0.39 is 5.97 Å². The number of ether oxygens (including phenoxy) is 1. The van der Waals surface area contributed by atoms with E-state index in [-0.39, 0.29) is 5.56 Å². The Kier molecular flexibility index (Phi) is 4.86. The Balaban J connectivity index is 1.88. The number of nitrogens with zero attached hydrogens (tertiary/aromatic N) is 1. The van der Waals surface area contributed by atoms with Crippen molar-refractivity contribution in [2.75, 3.05) is 18.1 Å². The second-order valence-electron chi connectivity index (χ2n) is 3.92. The average Bonchev–Trinajstić information content (AvgIpc) is 2.73. The van der Waals surface area contributed by atoms with Gasteiger partial charge in [-0.25, -0.2) is 9.78 Å². The van der Waals surface area contributed by atoms with Crippen molar-refractivity contribution in [1.29, 1.82) is 0 Å². The second-order valence-corrected chi connectivity index (χ2v) is 6.32. The number of thioether (sulfide) groups is 1. The lowest BCUT2D eigenvalue weighted by Crippen LogP contribution is -2.05. The van der Waals surface area contributed by atoms with Crippen LogP contribution < -0.4 is 10.5 Å². The zero-order valence-corrected chi connectivity index (χ0v) is 12.5. The second kappa shape index (κ2) is 6.62. The summed E-state index contributed by atoms with van der Waals surface area (Å²) in [6.07, 6.45) is 0. The number of benzene rings is 1. The Bertz CT molecular complexity index is 613. The molecule has 0 aliphatic heterocycles. The number of hydrogen-bond acceptors (Lipinski definition) is 6. The molecule has 0 spiro atoms. The molecule has 2 rings (SSSR count). The largest absolute Gasteiger partial charge is 0.492 e. The highest BCUT2D eigenvalue weighted by atomic mass is 32.2. The van der Waals surface area contributed by atoms with Gasteiger partial charge >= 0.3 is 5.97 Å². The molecule has 1 aromatic heterocycles. The monoisotopic (exact) mass is 310 g/mol. The van der Waals surface area contributed by atoms with Gasteiger partial charge in [0.1, 0.15) is 11.3 Å². The summed E-state index contributed by atoms with van der Waals surface area (Å²) in [5, 5.41) is 9.59. The first kappa shape index (κ1) is 14.7. The highest BCUT2D eigenvalue weighted by molar-refractivity contribution is 8.01. The van der Waals surface area contributed by atoms with E-state index >= 15 is 0 Å². The SMILES string of the molecule is Cc1nc(N)sc1SCCOc1ccccc1C(=O)O. The van der Waals surface area contributed by atoms with Crippen molar-refractivity contribution in [2.45, 2.75) is 11.1 Å². The number of hydrogen-bond donors (Lipinski definition) is 2. The predicted octanol–water partition coefficient (Wildman–Crippen LogP) is 2.90. The standard InChI is InChI=1S/C13H14N2O3S2/c1-8-12(20-13(14)15-8)19-7-6-18-10-5-3-2-4-9(10)11(16)17/h2-5H,6-7H2,1H3,(H2,14,15)(H,16,17). The van der Waals surface area contributed by atoms with Gasteiger partial charge in [-0.05, 0) is 19.1 Å². The van der Waals surface area contributed by atoms with Crippen LogP contribution in [0, 0.1) is 6.92 Å². The Morgan fingerprint density at radius 1 is 1.50 bits per heavy atom. The van der Waals surface area contributed by atoms with Crippen LogP contribution in [0.5, 0.6) is 5.75 Å². The lowest BCUT2D eigenvalue weighted by Gasteiger charge is -2.08. The van der Waals surface area contributed by atoms with Crippen LogP contribution in [0.4, 0.5) is 5.13 Å². The molecule has 3 N–H and O–H groups in total. The lowest BCUT2D eigenvalue weighted by atomic mass is 10.2. The summed E-state index contributed by atoms with van der Waals surface area (Å²) < 4.78 is 6.59. The van der Waals surface area contributed by atoms with Crippen LogP contribution >= 0.6 is 23.1 Å². The van der Waals surface area contributed by atoms with E-state index in [1.54, 1.807) is 30.0 Å². The highest BCUT2D eigenvalue weighted by Gasteiger charge is 2.10. The van der Waals surface area contributed by atoms with Crippen molar-refractivity contribution < 1.29 is 14.6 Å². The molecule has 2 aromatic rings. The first-order chi connectivity index (χ1) is 9.58. The van der Waals surface area contributed by atoms with Crippen LogP contribution in [0.1, 0.15) is 16.1 Å². The molecule has 106 valence electrons. The topological polar surface area (TPSA) is 85.4 Å². The summed E-state index contributed by atoms with van der Waals surface area (Å²) in [5.74, 6) is 0.108. The fraction of sp³-hybridized carbons (Fsp3) is 0.231. The number of nitrogen functional groups attached to an aromatic ring is 1. The number of thiazole rings is 1. The number of rotatable bonds is 6. The molecule has 1 aromatic carbocycles. The van der Waals surface area contributed by atoms with Crippen LogP contribution in [0.2, 0.25) is 0 Å². The Morgan fingerprint density at radius 3 is 2.90 bits per heavy atom. The number of aromatic nitrogens is 1. The van der Waals surface area contributed by atoms with Gasteiger partial charge in [-0.2, -0.15) is 0 Å². The van der Waals surface area contributed by atoms with Crippen molar-refractivity contribution in [2.24, 2.45) is 0 Å². The van der Waals surface area contributed by atoms with Gasteiger partial charge < -0.3 is 15.6 Å². The van der Waals surface area contributed by atoms with Gasteiger partial charge in [-0.1, -0.05) is 23.5 Å². The smallest absolute Gasteiger partial charge is 0.339 e. The van der Waals surface area contributed by atoms with Crippen LogP contribution in [0.15, 0.2) is 28.5 Å². The fourth-order valence-corrected chi connectivity index (χ4v) is 3.51. The Morgan fingerprint density at radius 2 is 2.25 bits per heavy atom. The summed E-state index contributed by atoms with van der Waals surface area (Å²) in [6, 6.07) is 6.61. The Hall–Kier alpha value is -1.73. The van der Waals surface area contributed by atoms with E-state index in [1.165, 1.54) is 17.4 Å². The molecule has 7 heteroatoms.